The highest BCUT2D eigenvalue weighted by atomic mass is 79.9. The standard InChI is InChI=1S/C14H22BrN3O2/c1-4-17(9-5-8-16(2)3)11-12-6-7-13(15)14(10-12)18(19)20/h6-7,10H,4-5,8-9,11H2,1-3H3. The lowest BCUT2D eigenvalue weighted by atomic mass is 10.2. The third-order valence-electron chi connectivity index (χ3n) is 3.14. The van der Waals surface area contributed by atoms with Gasteiger partial charge in [0.2, 0.25) is 0 Å². The van der Waals surface area contributed by atoms with E-state index < -0.39 is 0 Å². The van der Waals surface area contributed by atoms with Gasteiger partial charge in [-0.25, -0.2) is 0 Å². The average Bonchev–Trinajstić information content (AvgIpc) is 2.38. The molecule has 0 spiro atoms. The van der Waals surface area contributed by atoms with E-state index in [1.165, 1.54) is 0 Å². The van der Waals surface area contributed by atoms with Gasteiger partial charge in [0.15, 0.2) is 0 Å². The zero-order chi connectivity index (χ0) is 15.1. The number of hydrogen-bond donors (Lipinski definition) is 0. The van der Waals surface area contributed by atoms with Crippen LogP contribution in [0, 0.1) is 10.1 Å². The molecule has 0 atom stereocenters. The molecule has 0 heterocycles. The SMILES string of the molecule is CCN(CCCN(C)C)Cc1ccc(Br)c([N+](=O)[O-])c1. The van der Waals surface area contributed by atoms with Gasteiger partial charge in [0, 0.05) is 12.6 Å². The Kier molecular flexibility index (Phi) is 7.12. The molecule has 1 rings (SSSR count). The van der Waals surface area contributed by atoms with Gasteiger partial charge in [0.05, 0.1) is 9.40 Å². The van der Waals surface area contributed by atoms with Crippen molar-refractivity contribution in [3.63, 3.8) is 0 Å². The van der Waals surface area contributed by atoms with Gasteiger partial charge in [-0.15, -0.1) is 0 Å². The summed E-state index contributed by atoms with van der Waals surface area (Å²) >= 11 is 3.21. The topological polar surface area (TPSA) is 49.6 Å². The quantitative estimate of drug-likeness (QED) is 0.537. The van der Waals surface area contributed by atoms with E-state index in [9.17, 15) is 10.1 Å². The molecule has 0 N–H and O–H groups in total. The Balaban J connectivity index is 2.65. The smallest absolute Gasteiger partial charge is 0.283 e. The molecule has 0 saturated carbocycles. The lowest BCUT2D eigenvalue weighted by Gasteiger charge is -2.21. The molecular formula is C14H22BrN3O2. The van der Waals surface area contributed by atoms with Crippen molar-refractivity contribution in [3.05, 3.63) is 38.3 Å². The highest BCUT2D eigenvalue weighted by Crippen LogP contribution is 2.26. The summed E-state index contributed by atoms with van der Waals surface area (Å²) in [4.78, 5) is 15.0. The van der Waals surface area contributed by atoms with E-state index in [1.807, 2.05) is 6.07 Å². The summed E-state index contributed by atoms with van der Waals surface area (Å²) in [6.07, 6.45) is 1.10. The molecule has 0 aromatic heterocycles. The summed E-state index contributed by atoms with van der Waals surface area (Å²) in [7, 11) is 4.13. The molecule has 6 heteroatoms. The van der Waals surface area contributed by atoms with Crippen LogP contribution in [0.3, 0.4) is 0 Å². The second-order valence-electron chi connectivity index (χ2n) is 5.07. The Labute approximate surface area is 128 Å². The van der Waals surface area contributed by atoms with E-state index in [-0.39, 0.29) is 10.6 Å². The van der Waals surface area contributed by atoms with E-state index >= 15 is 0 Å². The molecule has 0 bridgehead atoms. The first-order valence-corrected chi connectivity index (χ1v) is 7.53. The van der Waals surface area contributed by atoms with Crippen molar-refractivity contribution < 1.29 is 4.92 Å². The summed E-state index contributed by atoms with van der Waals surface area (Å²) < 4.78 is 0.530. The van der Waals surface area contributed by atoms with Gasteiger partial charge in [-0.05, 0) is 67.7 Å². The first kappa shape index (κ1) is 17.1. The summed E-state index contributed by atoms with van der Waals surface area (Å²) in [5.74, 6) is 0. The van der Waals surface area contributed by atoms with Crippen LogP contribution in [-0.4, -0.2) is 48.5 Å². The maximum Gasteiger partial charge on any atom is 0.283 e. The van der Waals surface area contributed by atoms with Crippen LogP contribution in [0.15, 0.2) is 22.7 Å². The fraction of sp³-hybridized carbons (Fsp3) is 0.571. The largest absolute Gasteiger partial charge is 0.309 e. The van der Waals surface area contributed by atoms with Crippen molar-refractivity contribution in [2.24, 2.45) is 0 Å². The molecule has 0 aliphatic rings. The number of rotatable bonds is 8. The van der Waals surface area contributed by atoms with Crippen molar-refractivity contribution in [2.45, 2.75) is 19.9 Å². The fourth-order valence-electron chi connectivity index (χ4n) is 2.01. The van der Waals surface area contributed by atoms with Crippen LogP contribution in [0.1, 0.15) is 18.9 Å². The van der Waals surface area contributed by atoms with Crippen LogP contribution in [-0.2, 0) is 6.54 Å². The number of benzene rings is 1. The van der Waals surface area contributed by atoms with Crippen molar-refractivity contribution >= 4 is 21.6 Å². The first-order chi connectivity index (χ1) is 9.43. The highest BCUT2D eigenvalue weighted by Gasteiger charge is 2.13. The molecule has 0 aliphatic heterocycles. The Morgan fingerprint density at radius 1 is 1.30 bits per heavy atom. The van der Waals surface area contributed by atoms with Crippen molar-refractivity contribution in [3.8, 4) is 0 Å². The fourth-order valence-corrected chi connectivity index (χ4v) is 2.41. The van der Waals surface area contributed by atoms with E-state index in [1.54, 1.807) is 12.1 Å². The van der Waals surface area contributed by atoms with Gasteiger partial charge in [-0.2, -0.15) is 0 Å². The van der Waals surface area contributed by atoms with E-state index in [0.717, 1.165) is 38.2 Å². The van der Waals surface area contributed by atoms with E-state index in [2.05, 4.69) is 46.7 Å². The van der Waals surface area contributed by atoms with Crippen LogP contribution in [0.4, 0.5) is 5.69 Å². The normalized spacial score (nSPS) is 11.3. The van der Waals surface area contributed by atoms with Gasteiger partial charge < -0.3 is 4.90 Å². The molecule has 0 saturated heterocycles. The molecule has 0 aliphatic carbocycles. The van der Waals surface area contributed by atoms with Crippen molar-refractivity contribution in [2.75, 3.05) is 33.7 Å². The minimum Gasteiger partial charge on any atom is -0.309 e. The Bertz CT molecular complexity index is 452. The summed E-state index contributed by atoms with van der Waals surface area (Å²) in [5.41, 5.74) is 1.11. The Morgan fingerprint density at radius 2 is 2.00 bits per heavy atom. The van der Waals surface area contributed by atoms with Gasteiger partial charge in [0.25, 0.3) is 5.69 Å². The predicted molar refractivity (Wildman–Crippen MR) is 84.9 cm³/mol. The summed E-state index contributed by atoms with van der Waals surface area (Å²) in [6.45, 7) is 5.85. The second kappa shape index (κ2) is 8.34. The van der Waals surface area contributed by atoms with Crippen molar-refractivity contribution in [1.29, 1.82) is 0 Å². The lowest BCUT2D eigenvalue weighted by molar-refractivity contribution is -0.385. The van der Waals surface area contributed by atoms with Crippen LogP contribution >= 0.6 is 15.9 Å². The van der Waals surface area contributed by atoms with Crippen molar-refractivity contribution in [1.82, 2.24) is 9.80 Å². The highest BCUT2D eigenvalue weighted by molar-refractivity contribution is 9.10. The van der Waals surface area contributed by atoms with Gasteiger partial charge in [-0.1, -0.05) is 13.0 Å². The predicted octanol–water partition coefficient (Wildman–Crippen LogP) is 3.13. The molecule has 20 heavy (non-hydrogen) atoms. The number of nitrogens with zero attached hydrogens (tertiary/aromatic N) is 3. The molecule has 0 amide bonds. The zero-order valence-corrected chi connectivity index (χ0v) is 13.9. The van der Waals surface area contributed by atoms with Crippen LogP contribution in [0.25, 0.3) is 0 Å². The number of nitro benzene ring substituents is 1. The third kappa shape index (κ3) is 5.56. The monoisotopic (exact) mass is 343 g/mol. The number of halogens is 1. The molecule has 0 fully saturated rings. The van der Waals surface area contributed by atoms with Gasteiger partial charge in [-0.3, -0.25) is 15.0 Å². The third-order valence-corrected chi connectivity index (χ3v) is 3.81. The second-order valence-corrected chi connectivity index (χ2v) is 5.92. The molecule has 112 valence electrons. The maximum absolute atomic E-state index is 10.9. The van der Waals surface area contributed by atoms with E-state index in [0.29, 0.717) is 4.47 Å². The summed E-state index contributed by atoms with van der Waals surface area (Å²) in [6, 6.07) is 5.34. The zero-order valence-electron chi connectivity index (χ0n) is 12.3. The number of hydrogen-bond acceptors (Lipinski definition) is 4. The minimum absolute atomic E-state index is 0.131. The van der Waals surface area contributed by atoms with Gasteiger partial charge >= 0.3 is 0 Å². The summed E-state index contributed by atoms with van der Waals surface area (Å²) in [5, 5.41) is 10.9. The molecule has 5 nitrogen and oxygen atoms in total. The first-order valence-electron chi connectivity index (χ1n) is 6.74. The van der Waals surface area contributed by atoms with E-state index in [4.69, 9.17) is 0 Å². The molecule has 0 radical (unpaired) electrons. The molecule has 1 aromatic rings. The molecular weight excluding hydrogens is 322 g/mol. The van der Waals surface area contributed by atoms with Crippen LogP contribution in [0.5, 0.6) is 0 Å². The number of nitro groups is 1. The average molecular weight is 344 g/mol. The Morgan fingerprint density at radius 3 is 2.55 bits per heavy atom. The van der Waals surface area contributed by atoms with Gasteiger partial charge in [0.1, 0.15) is 0 Å². The van der Waals surface area contributed by atoms with Crippen LogP contribution < -0.4 is 0 Å². The lowest BCUT2D eigenvalue weighted by Crippen LogP contribution is -2.26. The maximum atomic E-state index is 10.9. The molecule has 0 unspecified atom stereocenters. The minimum atomic E-state index is -0.351. The Hall–Kier alpha value is -0.980. The molecule has 1 aromatic carbocycles. The van der Waals surface area contributed by atoms with Crippen LogP contribution in [0.2, 0.25) is 0 Å².